The lowest BCUT2D eigenvalue weighted by molar-refractivity contribution is 0.332. The first kappa shape index (κ1) is 20.7. The molecule has 0 fully saturated rings. The van der Waals surface area contributed by atoms with Crippen LogP contribution >= 0.6 is 0 Å². The summed E-state index contributed by atoms with van der Waals surface area (Å²) in [5.41, 5.74) is 2.26. The molecule has 32 heavy (non-hydrogen) atoms. The molecule has 0 amide bonds. The third kappa shape index (κ3) is 3.27. The second kappa shape index (κ2) is 7.72. The minimum absolute atomic E-state index is 0.0328. The van der Waals surface area contributed by atoms with Crippen LogP contribution in [-0.4, -0.2) is 31.4 Å². The van der Waals surface area contributed by atoms with Crippen molar-refractivity contribution in [2.75, 3.05) is 13.7 Å². The second-order valence-electron chi connectivity index (χ2n) is 7.67. The Kier molecular flexibility index (Phi) is 4.98. The van der Waals surface area contributed by atoms with Gasteiger partial charge in [0.05, 0.1) is 18.0 Å². The number of ether oxygens (including phenoxy) is 1. The number of nitrogens with zero attached hydrogens (tertiary/aromatic N) is 1. The standard InChI is InChI=1S/C24H20F2N2O3S/c1-31-16-7-9-17(10-8-16)32(29,30)28-13-12-19-18-4-2-3-5-22(18)27-23(19)24(28)20-14-15(25)6-11-21(20)26/h2-11,14,24,27H,12-13H2,1H3. The molecule has 5 nitrogen and oxygen atoms in total. The smallest absolute Gasteiger partial charge is 0.244 e. The number of nitrogens with one attached hydrogen (secondary N) is 1. The Bertz CT molecular complexity index is 1420. The van der Waals surface area contributed by atoms with Crippen LogP contribution in [0.5, 0.6) is 5.75 Å². The van der Waals surface area contributed by atoms with Gasteiger partial charge < -0.3 is 9.72 Å². The summed E-state index contributed by atoms with van der Waals surface area (Å²) in [7, 11) is -2.53. The van der Waals surface area contributed by atoms with Gasteiger partial charge in [-0.15, -0.1) is 0 Å². The number of benzene rings is 3. The van der Waals surface area contributed by atoms with Crippen molar-refractivity contribution in [1.82, 2.24) is 9.29 Å². The fraction of sp³-hybridized carbons (Fsp3) is 0.167. The number of rotatable bonds is 4. The number of hydrogen-bond acceptors (Lipinski definition) is 3. The van der Waals surface area contributed by atoms with E-state index in [1.807, 2.05) is 24.3 Å². The van der Waals surface area contributed by atoms with E-state index < -0.39 is 27.7 Å². The molecular weight excluding hydrogens is 434 g/mol. The summed E-state index contributed by atoms with van der Waals surface area (Å²) in [5, 5.41) is 0.950. The van der Waals surface area contributed by atoms with Crippen LogP contribution in [0.25, 0.3) is 10.9 Å². The second-order valence-corrected chi connectivity index (χ2v) is 9.56. The highest BCUT2D eigenvalue weighted by Gasteiger charge is 2.40. The number of fused-ring (bicyclic) bond motifs is 3. The number of H-pyrrole nitrogens is 1. The Morgan fingerprint density at radius 3 is 2.53 bits per heavy atom. The third-order valence-electron chi connectivity index (χ3n) is 5.91. The highest BCUT2D eigenvalue weighted by Crippen LogP contribution is 2.42. The Hall–Kier alpha value is -3.23. The first-order valence-corrected chi connectivity index (χ1v) is 11.5. The van der Waals surface area contributed by atoms with Gasteiger partial charge in [-0.05, 0) is 60.5 Å². The normalized spacial score (nSPS) is 16.8. The lowest BCUT2D eigenvalue weighted by Gasteiger charge is -2.35. The van der Waals surface area contributed by atoms with E-state index in [4.69, 9.17) is 4.74 Å². The zero-order valence-corrected chi connectivity index (χ0v) is 18.0. The van der Waals surface area contributed by atoms with Gasteiger partial charge in [-0.2, -0.15) is 4.31 Å². The first-order valence-electron chi connectivity index (χ1n) is 10.1. The SMILES string of the molecule is COc1ccc(S(=O)(=O)N2CCc3c([nH]c4ccccc34)C2c2cc(F)ccc2F)cc1. The number of halogens is 2. The van der Waals surface area contributed by atoms with Crippen molar-refractivity contribution in [2.45, 2.75) is 17.4 Å². The predicted molar refractivity (Wildman–Crippen MR) is 117 cm³/mol. The van der Waals surface area contributed by atoms with Crippen LogP contribution in [0, 0.1) is 11.6 Å². The Balaban J connectivity index is 1.72. The maximum Gasteiger partial charge on any atom is 0.244 e. The van der Waals surface area contributed by atoms with Gasteiger partial charge in [0.2, 0.25) is 10.0 Å². The molecule has 4 aromatic rings. The average molecular weight is 454 g/mol. The van der Waals surface area contributed by atoms with E-state index in [2.05, 4.69) is 4.98 Å². The Morgan fingerprint density at radius 2 is 1.78 bits per heavy atom. The van der Waals surface area contributed by atoms with Gasteiger partial charge in [0.15, 0.2) is 0 Å². The van der Waals surface area contributed by atoms with Crippen molar-refractivity contribution in [3.63, 3.8) is 0 Å². The molecule has 0 radical (unpaired) electrons. The van der Waals surface area contributed by atoms with Crippen molar-refractivity contribution < 1.29 is 21.9 Å². The summed E-state index contributed by atoms with van der Waals surface area (Å²) >= 11 is 0. The van der Waals surface area contributed by atoms with Crippen LogP contribution in [0.4, 0.5) is 8.78 Å². The quantitative estimate of drug-likeness (QED) is 0.482. The minimum atomic E-state index is -4.03. The number of sulfonamides is 1. The van der Waals surface area contributed by atoms with Gasteiger partial charge in [0.25, 0.3) is 0 Å². The summed E-state index contributed by atoms with van der Waals surface area (Å²) in [4.78, 5) is 3.32. The lowest BCUT2D eigenvalue weighted by Crippen LogP contribution is -2.41. The molecule has 1 aromatic heterocycles. The van der Waals surface area contributed by atoms with E-state index in [0.717, 1.165) is 34.7 Å². The van der Waals surface area contributed by atoms with Gasteiger partial charge in [0, 0.05) is 28.7 Å². The molecule has 8 heteroatoms. The van der Waals surface area contributed by atoms with Crippen molar-refractivity contribution >= 4 is 20.9 Å². The minimum Gasteiger partial charge on any atom is -0.497 e. The molecule has 1 aliphatic rings. The van der Waals surface area contributed by atoms with Crippen LogP contribution < -0.4 is 4.74 Å². The van der Waals surface area contributed by atoms with Gasteiger partial charge in [-0.25, -0.2) is 17.2 Å². The van der Waals surface area contributed by atoms with Crippen LogP contribution in [0.3, 0.4) is 0 Å². The number of aromatic nitrogens is 1. The summed E-state index contributed by atoms with van der Waals surface area (Å²) < 4.78 is 62.8. The first-order chi connectivity index (χ1) is 15.4. The van der Waals surface area contributed by atoms with Crippen LogP contribution in [0.1, 0.15) is 22.9 Å². The topological polar surface area (TPSA) is 62.4 Å². The van der Waals surface area contributed by atoms with Crippen molar-refractivity contribution in [3.8, 4) is 5.75 Å². The monoisotopic (exact) mass is 454 g/mol. The molecule has 5 rings (SSSR count). The molecule has 2 heterocycles. The molecular formula is C24H20F2N2O3S. The van der Waals surface area contributed by atoms with Crippen molar-refractivity contribution in [1.29, 1.82) is 0 Å². The molecule has 1 unspecified atom stereocenters. The molecule has 3 aromatic carbocycles. The van der Waals surface area contributed by atoms with Gasteiger partial charge in [-0.3, -0.25) is 0 Å². The van der Waals surface area contributed by atoms with Crippen LogP contribution in [0.15, 0.2) is 71.6 Å². The molecule has 0 bridgehead atoms. The molecule has 0 saturated carbocycles. The Morgan fingerprint density at radius 1 is 1.03 bits per heavy atom. The highest BCUT2D eigenvalue weighted by atomic mass is 32.2. The molecule has 1 N–H and O–H groups in total. The number of para-hydroxylation sites is 1. The van der Waals surface area contributed by atoms with E-state index in [9.17, 15) is 17.2 Å². The molecule has 164 valence electrons. The van der Waals surface area contributed by atoms with E-state index >= 15 is 0 Å². The largest absolute Gasteiger partial charge is 0.497 e. The number of methoxy groups -OCH3 is 1. The average Bonchev–Trinajstić information content (AvgIpc) is 3.19. The zero-order valence-electron chi connectivity index (χ0n) is 17.2. The summed E-state index contributed by atoms with van der Waals surface area (Å²) in [6, 6.07) is 15.7. The van der Waals surface area contributed by atoms with Crippen molar-refractivity contribution in [3.05, 3.63) is 95.2 Å². The molecule has 0 spiro atoms. The summed E-state index contributed by atoms with van der Waals surface area (Å²) in [6.07, 6.45) is 0.447. The molecule has 0 aliphatic carbocycles. The summed E-state index contributed by atoms with van der Waals surface area (Å²) in [5.74, 6) is -0.780. The maximum absolute atomic E-state index is 14.9. The van der Waals surface area contributed by atoms with E-state index in [0.29, 0.717) is 17.9 Å². The zero-order chi connectivity index (χ0) is 22.5. The molecule has 1 atom stereocenters. The maximum atomic E-state index is 14.9. The predicted octanol–water partition coefficient (Wildman–Crippen LogP) is 4.79. The van der Waals surface area contributed by atoms with E-state index in [-0.39, 0.29) is 17.0 Å². The molecule has 1 aliphatic heterocycles. The number of aromatic amines is 1. The van der Waals surface area contributed by atoms with E-state index in [1.165, 1.54) is 23.5 Å². The fourth-order valence-electron chi connectivity index (χ4n) is 4.40. The van der Waals surface area contributed by atoms with Gasteiger partial charge >= 0.3 is 0 Å². The van der Waals surface area contributed by atoms with Crippen LogP contribution in [-0.2, 0) is 16.4 Å². The Labute approximate surface area is 184 Å². The fourth-order valence-corrected chi connectivity index (χ4v) is 5.97. The van der Waals surface area contributed by atoms with Gasteiger partial charge in [0.1, 0.15) is 17.4 Å². The van der Waals surface area contributed by atoms with E-state index in [1.54, 1.807) is 12.1 Å². The highest BCUT2D eigenvalue weighted by molar-refractivity contribution is 7.89. The molecule has 0 saturated heterocycles. The van der Waals surface area contributed by atoms with Gasteiger partial charge in [-0.1, -0.05) is 18.2 Å². The summed E-state index contributed by atoms with van der Waals surface area (Å²) in [6.45, 7) is 0.129. The van der Waals surface area contributed by atoms with Crippen molar-refractivity contribution in [2.24, 2.45) is 0 Å². The van der Waals surface area contributed by atoms with Crippen LogP contribution in [0.2, 0.25) is 0 Å². The number of hydrogen-bond donors (Lipinski definition) is 1. The lowest BCUT2D eigenvalue weighted by atomic mass is 9.94. The third-order valence-corrected chi connectivity index (χ3v) is 7.79.